The summed E-state index contributed by atoms with van der Waals surface area (Å²) in [5, 5.41) is 3.23. The summed E-state index contributed by atoms with van der Waals surface area (Å²) in [6.07, 6.45) is 17.1. The quantitative estimate of drug-likeness (QED) is 0.439. The number of allylic oxidation sites excluding steroid dienone is 6. The third kappa shape index (κ3) is 7.72. The second-order valence-electron chi connectivity index (χ2n) is 7.67. The maximum atomic E-state index is 4.70. The van der Waals surface area contributed by atoms with Crippen molar-refractivity contribution in [2.45, 2.75) is 54.4 Å². The van der Waals surface area contributed by atoms with Crippen LogP contribution in [0.5, 0.6) is 0 Å². The summed E-state index contributed by atoms with van der Waals surface area (Å²) >= 11 is 0. The Morgan fingerprint density at radius 1 is 1.21 bits per heavy atom. The van der Waals surface area contributed by atoms with E-state index in [1.807, 2.05) is 13.2 Å². The minimum atomic E-state index is 0.503. The molecule has 0 aromatic carbocycles. The Hall–Kier alpha value is -2.35. The van der Waals surface area contributed by atoms with Gasteiger partial charge >= 0.3 is 0 Å². The van der Waals surface area contributed by atoms with Crippen LogP contribution in [0.15, 0.2) is 60.5 Å². The van der Waals surface area contributed by atoms with Gasteiger partial charge in [0.05, 0.1) is 5.69 Å². The molecule has 0 aliphatic heterocycles. The molecule has 1 aromatic heterocycles. The Morgan fingerprint density at radius 2 is 1.93 bits per heavy atom. The van der Waals surface area contributed by atoms with Gasteiger partial charge in [-0.3, -0.25) is 4.98 Å². The molecule has 0 bridgehead atoms. The maximum absolute atomic E-state index is 4.70. The topological polar surface area (TPSA) is 24.9 Å². The van der Waals surface area contributed by atoms with Gasteiger partial charge < -0.3 is 5.32 Å². The Labute approximate surface area is 172 Å². The third-order valence-corrected chi connectivity index (χ3v) is 4.69. The van der Waals surface area contributed by atoms with E-state index in [0.29, 0.717) is 11.8 Å². The average molecular weight is 379 g/mol. The van der Waals surface area contributed by atoms with Gasteiger partial charge in [0.2, 0.25) is 0 Å². The summed E-state index contributed by atoms with van der Waals surface area (Å²) in [7, 11) is 1.94. The highest BCUT2D eigenvalue weighted by atomic mass is 14.8. The summed E-state index contributed by atoms with van der Waals surface area (Å²) in [6.45, 7) is 17.3. The lowest BCUT2D eigenvalue weighted by atomic mass is 9.97. The molecule has 0 aliphatic carbocycles. The van der Waals surface area contributed by atoms with Crippen molar-refractivity contribution in [1.82, 2.24) is 10.3 Å². The van der Waals surface area contributed by atoms with Gasteiger partial charge in [-0.25, -0.2) is 0 Å². The first-order valence-electron chi connectivity index (χ1n) is 10.4. The molecule has 1 atom stereocenters. The molecule has 1 N–H and O–H groups in total. The van der Waals surface area contributed by atoms with Crippen LogP contribution in [0.25, 0.3) is 11.6 Å². The molecular weight excluding hydrogens is 340 g/mol. The van der Waals surface area contributed by atoms with Gasteiger partial charge in [-0.05, 0) is 59.6 Å². The molecule has 152 valence electrons. The number of likely N-dealkylation sites (N-methyl/N-ethyl adjacent to an activating group) is 1. The first kappa shape index (κ1) is 23.7. The normalized spacial score (nSPS) is 14.3. The van der Waals surface area contributed by atoms with Crippen LogP contribution in [-0.2, 0) is 0 Å². The lowest BCUT2D eigenvalue weighted by molar-refractivity contribution is 0.700. The van der Waals surface area contributed by atoms with Gasteiger partial charge in [0.25, 0.3) is 0 Å². The monoisotopic (exact) mass is 378 g/mol. The van der Waals surface area contributed by atoms with Gasteiger partial charge in [0.15, 0.2) is 0 Å². The Bertz CT molecular complexity index is 761. The highest BCUT2D eigenvalue weighted by Crippen LogP contribution is 2.23. The number of hydrogen-bond donors (Lipinski definition) is 1. The van der Waals surface area contributed by atoms with Crippen molar-refractivity contribution < 1.29 is 0 Å². The summed E-state index contributed by atoms with van der Waals surface area (Å²) in [5.74, 6) is 1.02. The molecular formula is C26H38N2. The fourth-order valence-corrected chi connectivity index (χ4v) is 2.75. The average Bonchev–Trinajstić information content (AvgIpc) is 2.67. The largest absolute Gasteiger partial charge is 0.388 e. The number of nitrogens with one attached hydrogen (secondary N) is 1. The molecule has 28 heavy (non-hydrogen) atoms. The molecule has 0 spiro atoms. The van der Waals surface area contributed by atoms with Crippen molar-refractivity contribution in [2.75, 3.05) is 7.05 Å². The van der Waals surface area contributed by atoms with Crippen LogP contribution in [0.1, 0.15) is 64.3 Å². The van der Waals surface area contributed by atoms with Crippen LogP contribution in [-0.4, -0.2) is 12.0 Å². The summed E-state index contributed by atoms with van der Waals surface area (Å²) in [5.41, 5.74) is 6.63. The standard InChI is InChI=1S/C26H38N2/c1-9-11-25(27-8)21(6)13-14-23(16-20(5)10-2)24-17-22(7)26(28-18-24)15-12-19(3)4/h11-20,27H,6,9-10H2,1-5,7-8H3/b14-13-,15-12-,23-16+,25-11?. The third-order valence-electron chi connectivity index (χ3n) is 4.69. The van der Waals surface area contributed by atoms with E-state index >= 15 is 0 Å². The maximum Gasteiger partial charge on any atom is 0.0656 e. The molecule has 1 heterocycles. The van der Waals surface area contributed by atoms with E-state index in [0.717, 1.165) is 35.4 Å². The van der Waals surface area contributed by atoms with Gasteiger partial charge in [-0.1, -0.05) is 78.0 Å². The van der Waals surface area contributed by atoms with E-state index in [9.17, 15) is 0 Å². The zero-order valence-electron chi connectivity index (χ0n) is 18.8. The minimum absolute atomic E-state index is 0.503. The van der Waals surface area contributed by atoms with E-state index in [4.69, 9.17) is 4.98 Å². The number of aryl methyl sites for hydroxylation is 1. The van der Waals surface area contributed by atoms with Crippen LogP contribution in [0, 0.1) is 18.8 Å². The van der Waals surface area contributed by atoms with Gasteiger partial charge in [-0.15, -0.1) is 0 Å². The second-order valence-corrected chi connectivity index (χ2v) is 7.67. The minimum Gasteiger partial charge on any atom is -0.388 e. The second kappa shape index (κ2) is 12.2. The molecule has 2 heteroatoms. The highest BCUT2D eigenvalue weighted by molar-refractivity contribution is 5.75. The van der Waals surface area contributed by atoms with E-state index in [-0.39, 0.29) is 0 Å². The van der Waals surface area contributed by atoms with Crippen LogP contribution in [0.2, 0.25) is 0 Å². The molecule has 2 nitrogen and oxygen atoms in total. The van der Waals surface area contributed by atoms with Crippen molar-refractivity contribution in [3.05, 3.63) is 77.3 Å². The molecule has 0 amide bonds. The number of hydrogen-bond acceptors (Lipinski definition) is 2. The van der Waals surface area contributed by atoms with Crippen molar-refractivity contribution in [3.8, 4) is 0 Å². The Kier molecular flexibility index (Phi) is 10.3. The SMILES string of the molecule is C=C(/C=C\C(=C/C(C)CC)c1cnc(/C=C\C(C)C)c(C)c1)C(=CCC)NC. The number of pyridine rings is 1. The lowest BCUT2D eigenvalue weighted by Crippen LogP contribution is -2.06. The van der Waals surface area contributed by atoms with E-state index < -0.39 is 0 Å². The van der Waals surface area contributed by atoms with E-state index in [2.05, 4.69) is 96.0 Å². The summed E-state index contributed by atoms with van der Waals surface area (Å²) < 4.78 is 0. The highest BCUT2D eigenvalue weighted by Gasteiger charge is 2.06. The zero-order chi connectivity index (χ0) is 21.1. The van der Waals surface area contributed by atoms with Crippen molar-refractivity contribution in [2.24, 2.45) is 11.8 Å². The molecule has 0 aliphatic rings. The smallest absolute Gasteiger partial charge is 0.0656 e. The molecule has 0 fully saturated rings. The molecule has 0 saturated carbocycles. The fourth-order valence-electron chi connectivity index (χ4n) is 2.75. The molecule has 0 saturated heterocycles. The predicted molar refractivity (Wildman–Crippen MR) is 126 cm³/mol. The van der Waals surface area contributed by atoms with E-state index in [1.54, 1.807) is 0 Å². The van der Waals surface area contributed by atoms with E-state index in [1.165, 1.54) is 11.1 Å². The van der Waals surface area contributed by atoms with Gasteiger partial charge in [0, 0.05) is 18.9 Å². The predicted octanol–water partition coefficient (Wildman–Crippen LogP) is 7.11. The first-order chi connectivity index (χ1) is 13.3. The molecule has 1 rings (SSSR count). The Morgan fingerprint density at radius 3 is 2.46 bits per heavy atom. The van der Waals surface area contributed by atoms with Crippen LogP contribution < -0.4 is 5.32 Å². The Balaban J connectivity index is 3.24. The summed E-state index contributed by atoms with van der Waals surface area (Å²) in [6, 6.07) is 2.23. The van der Waals surface area contributed by atoms with Crippen molar-refractivity contribution in [1.29, 1.82) is 0 Å². The fraction of sp³-hybridized carbons (Fsp3) is 0.423. The molecule has 0 radical (unpaired) electrons. The van der Waals surface area contributed by atoms with Gasteiger partial charge in [0.1, 0.15) is 0 Å². The zero-order valence-corrected chi connectivity index (χ0v) is 18.8. The number of nitrogens with zero attached hydrogens (tertiary/aromatic N) is 1. The van der Waals surface area contributed by atoms with Crippen molar-refractivity contribution >= 4 is 11.6 Å². The molecule has 1 unspecified atom stereocenters. The lowest BCUT2D eigenvalue weighted by Gasteiger charge is -2.11. The number of aromatic nitrogens is 1. The molecule has 1 aromatic rings. The van der Waals surface area contributed by atoms with Crippen LogP contribution in [0.4, 0.5) is 0 Å². The first-order valence-corrected chi connectivity index (χ1v) is 10.4. The number of rotatable bonds is 10. The van der Waals surface area contributed by atoms with Crippen LogP contribution >= 0.6 is 0 Å². The van der Waals surface area contributed by atoms with Gasteiger partial charge in [-0.2, -0.15) is 0 Å². The van der Waals surface area contributed by atoms with Crippen LogP contribution in [0.3, 0.4) is 0 Å². The summed E-state index contributed by atoms with van der Waals surface area (Å²) in [4.78, 5) is 4.70. The van der Waals surface area contributed by atoms with Crippen molar-refractivity contribution in [3.63, 3.8) is 0 Å².